The number of hydrogen-bond donors (Lipinski definition) is 1. The standard InChI is InChI=1S/C15H16ClNO/c1-10(16)9-18-15-13(11(2)17)8-7-12-5-3-4-6-14(12)15/h3-8,11H,1,9,17H2,2H3. The molecule has 94 valence electrons. The Labute approximate surface area is 112 Å². The quantitative estimate of drug-likeness (QED) is 0.903. The number of nitrogens with two attached hydrogens (primary N) is 1. The first-order valence-electron chi connectivity index (χ1n) is 5.83. The van der Waals surface area contributed by atoms with Crippen molar-refractivity contribution >= 4 is 22.4 Å². The lowest BCUT2D eigenvalue weighted by atomic mass is 10.0. The van der Waals surface area contributed by atoms with Gasteiger partial charge in [-0.2, -0.15) is 0 Å². The van der Waals surface area contributed by atoms with Crippen LogP contribution in [0.1, 0.15) is 18.5 Å². The molecule has 0 aliphatic heterocycles. The van der Waals surface area contributed by atoms with Crippen LogP contribution in [0.5, 0.6) is 5.75 Å². The summed E-state index contributed by atoms with van der Waals surface area (Å²) in [5.41, 5.74) is 6.95. The molecule has 0 aromatic heterocycles. The maximum absolute atomic E-state index is 5.98. The minimum atomic E-state index is -0.0896. The fraction of sp³-hybridized carbons (Fsp3) is 0.200. The van der Waals surface area contributed by atoms with E-state index in [9.17, 15) is 0 Å². The van der Waals surface area contributed by atoms with E-state index in [1.165, 1.54) is 0 Å². The molecule has 0 aliphatic carbocycles. The third-order valence-corrected chi connectivity index (χ3v) is 2.88. The van der Waals surface area contributed by atoms with Crippen LogP contribution in [-0.4, -0.2) is 6.61 Å². The van der Waals surface area contributed by atoms with Gasteiger partial charge in [-0.1, -0.05) is 54.6 Å². The summed E-state index contributed by atoms with van der Waals surface area (Å²) in [6.45, 7) is 5.86. The maximum Gasteiger partial charge on any atom is 0.132 e. The highest BCUT2D eigenvalue weighted by atomic mass is 35.5. The van der Waals surface area contributed by atoms with Crippen molar-refractivity contribution in [2.75, 3.05) is 6.61 Å². The molecule has 0 saturated carbocycles. The number of benzene rings is 2. The summed E-state index contributed by atoms with van der Waals surface area (Å²) < 4.78 is 5.76. The number of fused-ring (bicyclic) bond motifs is 1. The molecule has 3 heteroatoms. The van der Waals surface area contributed by atoms with Crippen molar-refractivity contribution in [3.8, 4) is 5.75 Å². The summed E-state index contributed by atoms with van der Waals surface area (Å²) in [4.78, 5) is 0. The van der Waals surface area contributed by atoms with Crippen molar-refractivity contribution in [3.63, 3.8) is 0 Å². The van der Waals surface area contributed by atoms with E-state index in [1.807, 2.05) is 37.3 Å². The van der Waals surface area contributed by atoms with E-state index < -0.39 is 0 Å². The Balaban J connectivity index is 2.55. The second-order valence-electron chi connectivity index (χ2n) is 4.30. The number of halogens is 1. The van der Waals surface area contributed by atoms with E-state index in [4.69, 9.17) is 22.1 Å². The molecule has 0 spiro atoms. The van der Waals surface area contributed by atoms with Crippen molar-refractivity contribution in [2.45, 2.75) is 13.0 Å². The third kappa shape index (κ3) is 2.66. The van der Waals surface area contributed by atoms with Crippen LogP contribution >= 0.6 is 11.6 Å². The first-order chi connectivity index (χ1) is 8.59. The topological polar surface area (TPSA) is 35.2 Å². The van der Waals surface area contributed by atoms with Gasteiger partial charge in [0.05, 0.1) is 0 Å². The Hall–Kier alpha value is -1.51. The molecule has 18 heavy (non-hydrogen) atoms. The predicted molar refractivity (Wildman–Crippen MR) is 77.0 cm³/mol. The summed E-state index contributed by atoms with van der Waals surface area (Å²) in [7, 11) is 0. The largest absolute Gasteiger partial charge is 0.487 e. The molecule has 1 atom stereocenters. The maximum atomic E-state index is 5.98. The Morgan fingerprint density at radius 3 is 2.72 bits per heavy atom. The minimum absolute atomic E-state index is 0.0896. The highest BCUT2D eigenvalue weighted by Gasteiger charge is 2.12. The fourth-order valence-corrected chi connectivity index (χ4v) is 1.98. The summed E-state index contributed by atoms with van der Waals surface area (Å²) >= 11 is 5.76. The smallest absolute Gasteiger partial charge is 0.132 e. The van der Waals surface area contributed by atoms with Gasteiger partial charge in [0.2, 0.25) is 0 Å². The SMILES string of the molecule is C=C(Cl)COc1c(C(C)N)ccc2ccccc12. The first kappa shape index (κ1) is 12.9. The fourth-order valence-electron chi connectivity index (χ4n) is 1.93. The highest BCUT2D eigenvalue weighted by molar-refractivity contribution is 6.29. The molecule has 2 aromatic carbocycles. The zero-order valence-electron chi connectivity index (χ0n) is 10.3. The molecule has 0 fully saturated rings. The molecule has 2 rings (SSSR count). The van der Waals surface area contributed by atoms with Crippen LogP contribution in [0.3, 0.4) is 0 Å². The predicted octanol–water partition coefficient (Wildman–Crippen LogP) is 3.99. The average molecular weight is 262 g/mol. The van der Waals surface area contributed by atoms with E-state index in [-0.39, 0.29) is 12.6 Å². The molecule has 0 bridgehead atoms. The molecule has 0 radical (unpaired) electrons. The van der Waals surface area contributed by atoms with Gasteiger partial charge < -0.3 is 10.5 Å². The Kier molecular flexibility index (Phi) is 3.90. The number of rotatable bonds is 4. The van der Waals surface area contributed by atoms with Gasteiger partial charge in [-0.3, -0.25) is 0 Å². The molecular weight excluding hydrogens is 246 g/mol. The summed E-state index contributed by atoms with van der Waals surface area (Å²) in [6, 6.07) is 12.0. The van der Waals surface area contributed by atoms with Gasteiger partial charge in [0.1, 0.15) is 12.4 Å². The summed E-state index contributed by atoms with van der Waals surface area (Å²) in [5.74, 6) is 0.796. The second-order valence-corrected chi connectivity index (χ2v) is 4.83. The zero-order valence-corrected chi connectivity index (χ0v) is 11.1. The lowest BCUT2D eigenvalue weighted by Gasteiger charge is -2.16. The van der Waals surface area contributed by atoms with Gasteiger partial charge in [-0.05, 0) is 12.3 Å². The highest BCUT2D eigenvalue weighted by Crippen LogP contribution is 2.33. The molecule has 0 aliphatic rings. The van der Waals surface area contributed by atoms with Crippen molar-refractivity contribution in [1.82, 2.24) is 0 Å². The molecule has 0 amide bonds. The van der Waals surface area contributed by atoms with Gasteiger partial charge in [-0.25, -0.2) is 0 Å². The van der Waals surface area contributed by atoms with Crippen molar-refractivity contribution in [3.05, 3.63) is 53.6 Å². The van der Waals surface area contributed by atoms with E-state index in [2.05, 4.69) is 12.6 Å². The Bertz CT molecular complexity index is 578. The van der Waals surface area contributed by atoms with Gasteiger partial charge in [0.15, 0.2) is 0 Å². The lowest BCUT2D eigenvalue weighted by Crippen LogP contribution is -2.09. The molecule has 1 unspecified atom stereocenters. The monoisotopic (exact) mass is 261 g/mol. The van der Waals surface area contributed by atoms with Crippen LogP contribution in [-0.2, 0) is 0 Å². The van der Waals surface area contributed by atoms with Gasteiger partial charge in [0, 0.05) is 22.0 Å². The molecule has 0 heterocycles. The van der Waals surface area contributed by atoms with Crippen LogP contribution in [0.25, 0.3) is 10.8 Å². The normalized spacial score (nSPS) is 12.4. The van der Waals surface area contributed by atoms with E-state index in [0.29, 0.717) is 5.03 Å². The summed E-state index contributed by atoms with van der Waals surface area (Å²) in [5, 5.41) is 2.64. The zero-order chi connectivity index (χ0) is 13.1. The van der Waals surface area contributed by atoms with Gasteiger partial charge in [-0.15, -0.1) is 0 Å². The van der Waals surface area contributed by atoms with E-state index in [0.717, 1.165) is 22.1 Å². The number of ether oxygens (including phenoxy) is 1. The van der Waals surface area contributed by atoms with Gasteiger partial charge >= 0.3 is 0 Å². The van der Waals surface area contributed by atoms with Gasteiger partial charge in [0.25, 0.3) is 0 Å². The van der Waals surface area contributed by atoms with Crippen molar-refractivity contribution in [1.29, 1.82) is 0 Å². The van der Waals surface area contributed by atoms with Crippen LogP contribution in [0, 0.1) is 0 Å². The van der Waals surface area contributed by atoms with Crippen LogP contribution in [0.2, 0.25) is 0 Å². The van der Waals surface area contributed by atoms with Crippen molar-refractivity contribution in [2.24, 2.45) is 5.73 Å². The molecule has 2 aromatic rings. The Morgan fingerprint density at radius 1 is 1.33 bits per heavy atom. The van der Waals surface area contributed by atoms with Crippen LogP contribution in [0.4, 0.5) is 0 Å². The third-order valence-electron chi connectivity index (χ3n) is 2.77. The first-order valence-corrected chi connectivity index (χ1v) is 6.20. The molecule has 2 nitrogen and oxygen atoms in total. The lowest BCUT2D eigenvalue weighted by molar-refractivity contribution is 0.358. The molecular formula is C15H16ClNO. The minimum Gasteiger partial charge on any atom is -0.487 e. The molecule has 0 saturated heterocycles. The van der Waals surface area contributed by atoms with E-state index >= 15 is 0 Å². The summed E-state index contributed by atoms with van der Waals surface area (Å²) in [6.07, 6.45) is 0. The van der Waals surface area contributed by atoms with Crippen LogP contribution < -0.4 is 10.5 Å². The molecule has 2 N–H and O–H groups in total. The van der Waals surface area contributed by atoms with E-state index in [1.54, 1.807) is 0 Å². The Morgan fingerprint density at radius 2 is 2.06 bits per heavy atom. The van der Waals surface area contributed by atoms with Crippen LogP contribution in [0.15, 0.2) is 48.0 Å². The second kappa shape index (κ2) is 5.42. The van der Waals surface area contributed by atoms with Crippen molar-refractivity contribution < 1.29 is 4.74 Å². The average Bonchev–Trinajstić information content (AvgIpc) is 2.35. The number of hydrogen-bond acceptors (Lipinski definition) is 2.